The molecule has 0 spiro atoms. The van der Waals surface area contributed by atoms with Gasteiger partial charge in [0.1, 0.15) is 5.60 Å². The molecule has 0 unspecified atom stereocenters. The second-order valence-electron chi connectivity index (χ2n) is 8.90. The van der Waals surface area contributed by atoms with E-state index in [0.29, 0.717) is 11.1 Å². The van der Waals surface area contributed by atoms with Crippen molar-refractivity contribution >= 4 is 17.6 Å². The van der Waals surface area contributed by atoms with E-state index >= 15 is 8.78 Å². The Morgan fingerprint density at radius 2 is 1.65 bits per heavy atom. The van der Waals surface area contributed by atoms with Crippen LogP contribution in [0.4, 0.5) is 14.5 Å². The minimum absolute atomic E-state index is 0.0843. The zero-order chi connectivity index (χ0) is 24.9. The molecule has 0 saturated heterocycles. The fourth-order valence-electron chi connectivity index (χ4n) is 3.25. The number of nitrogens with zero attached hydrogens (tertiary/aromatic N) is 1. The van der Waals surface area contributed by atoms with Crippen LogP contribution in [0.3, 0.4) is 0 Å². The summed E-state index contributed by atoms with van der Waals surface area (Å²) in [5.74, 6) is -6.16. The maximum absolute atomic E-state index is 15.1. The van der Waals surface area contributed by atoms with Crippen molar-refractivity contribution in [1.82, 2.24) is 4.98 Å². The summed E-state index contributed by atoms with van der Waals surface area (Å²) < 4.78 is 35.2. The topological polar surface area (TPSA) is 94.3 Å². The number of amides is 1. The quantitative estimate of drug-likeness (QED) is 0.492. The standard InChI is InChI=1S/C26H27F2N3O3/c1-25(2,3)34-24(33)26(27,28)20-14-19(18-9-11-30-12-10-18)15-21(16-20)31-23(32)22(29)13-17-7-5-4-6-8-17/h4-12,14-16,22H,13,29H2,1-3H3,(H,31,32)/t22-/m0/s1. The van der Waals surface area contributed by atoms with Crippen LogP contribution < -0.4 is 11.1 Å². The third-order valence-corrected chi connectivity index (χ3v) is 4.87. The SMILES string of the molecule is CC(C)(C)OC(=O)C(F)(F)c1cc(NC(=O)[C@@H](N)Cc2ccccc2)cc(-c2ccncc2)c1. The van der Waals surface area contributed by atoms with E-state index in [1.807, 2.05) is 30.3 Å². The van der Waals surface area contributed by atoms with Crippen LogP contribution >= 0.6 is 0 Å². The predicted octanol–water partition coefficient (Wildman–Crippen LogP) is 4.69. The molecular formula is C26H27F2N3O3. The molecule has 1 aromatic heterocycles. The van der Waals surface area contributed by atoms with Gasteiger partial charge < -0.3 is 15.8 Å². The Balaban J connectivity index is 1.93. The third-order valence-electron chi connectivity index (χ3n) is 4.87. The summed E-state index contributed by atoms with van der Waals surface area (Å²) in [6.07, 6.45) is 3.31. The van der Waals surface area contributed by atoms with Crippen molar-refractivity contribution in [3.8, 4) is 11.1 Å². The minimum Gasteiger partial charge on any atom is -0.455 e. The number of alkyl halides is 2. The minimum atomic E-state index is -3.94. The molecule has 3 aromatic rings. The lowest BCUT2D eigenvalue weighted by atomic mass is 9.99. The molecule has 0 bridgehead atoms. The van der Waals surface area contributed by atoms with E-state index in [0.717, 1.165) is 11.6 Å². The van der Waals surface area contributed by atoms with Gasteiger partial charge in [0.25, 0.3) is 0 Å². The van der Waals surface area contributed by atoms with Gasteiger partial charge in [0.05, 0.1) is 6.04 Å². The number of rotatable bonds is 7. The predicted molar refractivity (Wildman–Crippen MR) is 126 cm³/mol. The van der Waals surface area contributed by atoms with Crippen molar-refractivity contribution in [2.75, 3.05) is 5.32 Å². The molecule has 3 rings (SSSR count). The number of nitrogens with one attached hydrogen (secondary N) is 1. The lowest BCUT2D eigenvalue weighted by Gasteiger charge is -2.24. The molecule has 0 aliphatic heterocycles. The van der Waals surface area contributed by atoms with Crippen LogP contribution in [0.25, 0.3) is 11.1 Å². The molecule has 1 heterocycles. The van der Waals surface area contributed by atoms with E-state index in [1.54, 1.807) is 12.1 Å². The lowest BCUT2D eigenvalue weighted by molar-refractivity contribution is -0.185. The molecule has 1 amide bonds. The number of carbonyl (C=O) groups is 2. The van der Waals surface area contributed by atoms with E-state index in [1.165, 1.54) is 45.3 Å². The first-order chi connectivity index (χ1) is 16.0. The normalized spacial score (nSPS) is 12.6. The van der Waals surface area contributed by atoms with Crippen LogP contribution in [-0.2, 0) is 26.7 Å². The van der Waals surface area contributed by atoms with Crippen molar-refractivity contribution in [3.63, 3.8) is 0 Å². The van der Waals surface area contributed by atoms with Crippen LogP contribution in [0.1, 0.15) is 31.9 Å². The molecule has 2 aromatic carbocycles. The van der Waals surface area contributed by atoms with Crippen LogP contribution in [0.5, 0.6) is 0 Å². The highest BCUT2D eigenvalue weighted by molar-refractivity contribution is 5.96. The fourth-order valence-corrected chi connectivity index (χ4v) is 3.25. The average Bonchev–Trinajstić information content (AvgIpc) is 2.79. The maximum atomic E-state index is 15.1. The zero-order valence-electron chi connectivity index (χ0n) is 19.2. The van der Waals surface area contributed by atoms with Gasteiger partial charge >= 0.3 is 11.9 Å². The summed E-state index contributed by atoms with van der Waals surface area (Å²) in [6.45, 7) is 4.52. The average molecular weight is 468 g/mol. The molecule has 0 saturated carbocycles. The number of hydrogen-bond acceptors (Lipinski definition) is 5. The Labute approximate surface area is 197 Å². The molecule has 3 N–H and O–H groups in total. The first kappa shape index (κ1) is 25.0. The number of aromatic nitrogens is 1. The largest absolute Gasteiger partial charge is 0.455 e. The van der Waals surface area contributed by atoms with Crippen molar-refractivity contribution in [2.24, 2.45) is 5.73 Å². The van der Waals surface area contributed by atoms with Gasteiger partial charge in [-0.3, -0.25) is 9.78 Å². The Kier molecular flexibility index (Phi) is 7.41. The third kappa shape index (κ3) is 6.45. The van der Waals surface area contributed by atoms with Gasteiger partial charge in [-0.1, -0.05) is 30.3 Å². The van der Waals surface area contributed by atoms with Gasteiger partial charge in [-0.25, -0.2) is 4.79 Å². The van der Waals surface area contributed by atoms with Crippen LogP contribution in [0.2, 0.25) is 0 Å². The van der Waals surface area contributed by atoms with E-state index in [4.69, 9.17) is 10.5 Å². The fraction of sp³-hybridized carbons (Fsp3) is 0.269. The summed E-state index contributed by atoms with van der Waals surface area (Å²) in [4.78, 5) is 28.9. The van der Waals surface area contributed by atoms with Crippen molar-refractivity contribution in [2.45, 2.75) is 44.8 Å². The summed E-state index contributed by atoms with van der Waals surface area (Å²) >= 11 is 0. The van der Waals surface area contributed by atoms with E-state index in [-0.39, 0.29) is 12.1 Å². The first-order valence-corrected chi connectivity index (χ1v) is 10.7. The molecule has 34 heavy (non-hydrogen) atoms. The Hall–Kier alpha value is -3.65. The van der Waals surface area contributed by atoms with E-state index < -0.39 is 35.0 Å². The van der Waals surface area contributed by atoms with Gasteiger partial charge in [-0.15, -0.1) is 0 Å². The number of esters is 1. The van der Waals surface area contributed by atoms with Gasteiger partial charge in [-0.2, -0.15) is 8.78 Å². The zero-order valence-corrected chi connectivity index (χ0v) is 19.2. The van der Waals surface area contributed by atoms with Crippen molar-refractivity contribution in [1.29, 1.82) is 0 Å². The Bertz CT molecular complexity index is 1150. The van der Waals surface area contributed by atoms with E-state index in [9.17, 15) is 9.59 Å². The smallest absolute Gasteiger partial charge is 0.382 e. The summed E-state index contributed by atoms with van der Waals surface area (Å²) in [6, 6.07) is 15.4. The molecule has 0 aliphatic carbocycles. The lowest BCUT2D eigenvalue weighted by Crippen LogP contribution is -2.37. The number of nitrogens with two attached hydrogens (primary N) is 1. The van der Waals surface area contributed by atoms with Gasteiger partial charge in [0.15, 0.2) is 0 Å². The number of hydrogen-bond donors (Lipinski definition) is 2. The number of benzene rings is 2. The Morgan fingerprint density at radius 1 is 1.00 bits per heavy atom. The summed E-state index contributed by atoms with van der Waals surface area (Å²) in [7, 11) is 0. The molecule has 6 nitrogen and oxygen atoms in total. The van der Waals surface area contributed by atoms with Crippen LogP contribution in [-0.4, -0.2) is 28.5 Å². The van der Waals surface area contributed by atoms with Crippen LogP contribution in [0.15, 0.2) is 73.1 Å². The number of anilines is 1. The Morgan fingerprint density at radius 3 is 2.26 bits per heavy atom. The summed E-state index contributed by atoms with van der Waals surface area (Å²) in [5, 5.41) is 2.61. The first-order valence-electron chi connectivity index (χ1n) is 10.7. The number of pyridine rings is 1. The summed E-state index contributed by atoms with van der Waals surface area (Å²) in [5.41, 5.74) is 6.25. The molecule has 1 atom stereocenters. The molecule has 0 radical (unpaired) electrons. The highest BCUT2D eigenvalue weighted by atomic mass is 19.3. The van der Waals surface area contributed by atoms with Crippen molar-refractivity contribution < 1.29 is 23.1 Å². The number of ether oxygens (including phenoxy) is 1. The maximum Gasteiger partial charge on any atom is 0.382 e. The molecule has 0 aliphatic rings. The highest BCUT2D eigenvalue weighted by Crippen LogP contribution is 2.36. The number of carbonyl (C=O) groups excluding carboxylic acids is 2. The van der Waals surface area contributed by atoms with Crippen molar-refractivity contribution in [3.05, 3.63) is 84.2 Å². The number of halogens is 2. The second-order valence-corrected chi connectivity index (χ2v) is 8.90. The molecule has 178 valence electrons. The van der Waals surface area contributed by atoms with Crippen LogP contribution in [0, 0.1) is 0 Å². The second kappa shape index (κ2) is 10.1. The van der Waals surface area contributed by atoms with Gasteiger partial charge in [-0.05, 0) is 74.2 Å². The van der Waals surface area contributed by atoms with Gasteiger partial charge in [0.2, 0.25) is 5.91 Å². The van der Waals surface area contributed by atoms with Gasteiger partial charge in [0, 0.05) is 23.6 Å². The molecule has 0 fully saturated rings. The van der Waals surface area contributed by atoms with E-state index in [2.05, 4.69) is 10.3 Å². The molecular weight excluding hydrogens is 440 g/mol. The molecule has 8 heteroatoms. The monoisotopic (exact) mass is 467 g/mol. The highest BCUT2D eigenvalue weighted by Gasteiger charge is 2.45.